The van der Waals surface area contributed by atoms with Gasteiger partial charge in [-0.3, -0.25) is 4.31 Å². The van der Waals surface area contributed by atoms with Crippen molar-refractivity contribution in [2.45, 2.75) is 19.1 Å². The van der Waals surface area contributed by atoms with Crippen LogP contribution in [0.2, 0.25) is 0 Å². The molecule has 2 aliphatic rings. The predicted octanol–water partition coefficient (Wildman–Crippen LogP) is 4.55. The van der Waals surface area contributed by atoms with Crippen molar-refractivity contribution in [3.63, 3.8) is 0 Å². The second-order valence-electron chi connectivity index (χ2n) is 7.35. The summed E-state index contributed by atoms with van der Waals surface area (Å²) in [6.45, 7) is 3.33. The maximum absolute atomic E-state index is 14.9. The molecule has 0 atom stereocenters. The first-order chi connectivity index (χ1) is 15.3. The number of piperazine rings is 1. The van der Waals surface area contributed by atoms with Crippen molar-refractivity contribution < 1.29 is 22.0 Å². The minimum absolute atomic E-state index is 0.0694. The molecule has 1 fully saturated rings. The SMILES string of the molecule is Fc1cccc(N(Cc2ccc(C3=NN=C(C(F)(F)F)C3)cc2F)SN2CCNCC2)c1. The number of hydrogen-bond donors (Lipinski definition) is 1. The van der Waals surface area contributed by atoms with E-state index in [0.29, 0.717) is 11.3 Å². The average molecular weight is 469 g/mol. The molecule has 0 amide bonds. The zero-order chi connectivity index (χ0) is 22.7. The van der Waals surface area contributed by atoms with Crippen LogP contribution >= 0.6 is 12.1 Å². The molecule has 1 saturated heterocycles. The van der Waals surface area contributed by atoms with E-state index >= 15 is 0 Å². The Labute approximate surface area is 186 Å². The first-order valence-electron chi connectivity index (χ1n) is 9.96. The van der Waals surface area contributed by atoms with Crippen molar-refractivity contribution in [2.75, 3.05) is 30.5 Å². The van der Waals surface area contributed by atoms with Crippen LogP contribution in [0.3, 0.4) is 0 Å². The second kappa shape index (κ2) is 9.55. The molecule has 1 N–H and O–H groups in total. The highest BCUT2D eigenvalue weighted by Crippen LogP contribution is 2.30. The van der Waals surface area contributed by atoms with Crippen LogP contribution in [0.1, 0.15) is 17.5 Å². The van der Waals surface area contributed by atoms with Gasteiger partial charge in [-0.1, -0.05) is 18.2 Å². The van der Waals surface area contributed by atoms with Gasteiger partial charge < -0.3 is 5.32 Å². The van der Waals surface area contributed by atoms with Crippen molar-refractivity contribution in [1.29, 1.82) is 0 Å². The highest BCUT2D eigenvalue weighted by molar-refractivity contribution is 7.98. The molecule has 0 bridgehead atoms. The summed E-state index contributed by atoms with van der Waals surface area (Å²) in [6.07, 6.45) is -5.05. The number of nitrogens with zero attached hydrogens (tertiary/aromatic N) is 4. The summed E-state index contributed by atoms with van der Waals surface area (Å²) in [7, 11) is 0. The van der Waals surface area contributed by atoms with E-state index in [0.717, 1.165) is 26.2 Å². The monoisotopic (exact) mass is 469 g/mol. The molecule has 4 rings (SSSR count). The average Bonchev–Trinajstić information content (AvgIpc) is 3.26. The minimum atomic E-state index is -4.56. The standard InChI is InChI=1S/C21H20F5N5S/c22-16-2-1-3-17(11-16)31(32-30-8-6-27-7-9-30)13-15-5-4-14(10-18(15)23)19-12-20(29-28-19)21(24,25)26/h1-5,10-11,27H,6-9,12-13H2. The number of anilines is 1. The number of halogens is 5. The third kappa shape index (κ3) is 5.45. The first-order valence-corrected chi connectivity index (χ1v) is 10.7. The molecule has 0 aliphatic carbocycles. The van der Waals surface area contributed by atoms with Crippen LogP contribution < -0.4 is 9.62 Å². The predicted molar refractivity (Wildman–Crippen MR) is 116 cm³/mol. The smallest absolute Gasteiger partial charge is 0.314 e. The Morgan fingerprint density at radius 3 is 2.47 bits per heavy atom. The van der Waals surface area contributed by atoms with Crippen LogP contribution in [0, 0.1) is 11.6 Å². The Bertz CT molecular complexity index is 1030. The van der Waals surface area contributed by atoms with Crippen LogP contribution in [-0.2, 0) is 6.54 Å². The number of benzene rings is 2. The van der Waals surface area contributed by atoms with E-state index < -0.39 is 29.9 Å². The van der Waals surface area contributed by atoms with Crippen molar-refractivity contribution >= 4 is 29.2 Å². The maximum Gasteiger partial charge on any atom is 0.431 e. The molecule has 2 aromatic carbocycles. The van der Waals surface area contributed by atoms with Crippen molar-refractivity contribution in [3.8, 4) is 0 Å². The van der Waals surface area contributed by atoms with Crippen LogP contribution in [-0.4, -0.2) is 48.1 Å². The molecule has 32 heavy (non-hydrogen) atoms. The molecule has 11 heteroatoms. The molecular formula is C21H20F5N5S. The van der Waals surface area contributed by atoms with Crippen molar-refractivity contribution in [3.05, 3.63) is 65.2 Å². The summed E-state index contributed by atoms with van der Waals surface area (Å²) < 4.78 is 71.0. The van der Waals surface area contributed by atoms with Gasteiger partial charge in [-0.05, 0) is 24.3 Å². The fourth-order valence-corrected chi connectivity index (χ4v) is 4.37. The van der Waals surface area contributed by atoms with E-state index in [1.54, 1.807) is 16.4 Å². The number of hydrogen-bond acceptors (Lipinski definition) is 6. The minimum Gasteiger partial charge on any atom is -0.314 e. The van der Waals surface area contributed by atoms with Gasteiger partial charge in [0.05, 0.1) is 17.9 Å². The van der Waals surface area contributed by atoms with Crippen LogP contribution in [0.5, 0.6) is 0 Å². The molecule has 2 aromatic rings. The fraction of sp³-hybridized carbons (Fsp3) is 0.333. The number of rotatable bonds is 6. The lowest BCUT2D eigenvalue weighted by Crippen LogP contribution is -2.41. The Morgan fingerprint density at radius 1 is 1.03 bits per heavy atom. The first kappa shape index (κ1) is 22.7. The summed E-state index contributed by atoms with van der Waals surface area (Å²) in [5.41, 5.74) is 0.236. The molecule has 0 radical (unpaired) electrons. The second-order valence-corrected chi connectivity index (χ2v) is 8.47. The van der Waals surface area contributed by atoms with E-state index in [2.05, 4.69) is 19.8 Å². The number of alkyl halides is 3. The molecule has 5 nitrogen and oxygen atoms in total. The van der Waals surface area contributed by atoms with Gasteiger partial charge in [-0.2, -0.15) is 18.3 Å². The zero-order valence-corrected chi connectivity index (χ0v) is 17.7. The lowest BCUT2D eigenvalue weighted by Gasteiger charge is -2.32. The Hall–Kier alpha value is -2.50. The lowest BCUT2D eigenvalue weighted by atomic mass is 10.0. The third-order valence-electron chi connectivity index (χ3n) is 5.04. The van der Waals surface area contributed by atoms with Gasteiger partial charge in [0.25, 0.3) is 0 Å². The molecule has 2 aliphatic heterocycles. The van der Waals surface area contributed by atoms with Gasteiger partial charge in [0.2, 0.25) is 0 Å². The molecule has 0 spiro atoms. The van der Waals surface area contributed by atoms with Crippen LogP contribution in [0.4, 0.5) is 27.6 Å². The number of nitrogens with one attached hydrogen (secondary N) is 1. The van der Waals surface area contributed by atoms with Gasteiger partial charge in [-0.25, -0.2) is 13.1 Å². The molecule has 0 aromatic heterocycles. The van der Waals surface area contributed by atoms with Gasteiger partial charge in [0.15, 0.2) is 0 Å². The summed E-state index contributed by atoms with van der Waals surface area (Å²) in [5, 5.41) is 10.0. The largest absolute Gasteiger partial charge is 0.431 e. The molecule has 170 valence electrons. The van der Waals surface area contributed by atoms with Crippen LogP contribution in [0.25, 0.3) is 0 Å². The van der Waals surface area contributed by atoms with Gasteiger partial charge >= 0.3 is 6.18 Å². The molecule has 0 unspecified atom stereocenters. The Balaban J connectivity index is 1.52. The quantitative estimate of drug-likeness (QED) is 0.498. The highest BCUT2D eigenvalue weighted by atomic mass is 32.2. The normalized spacial score (nSPS) is 17.3. The van der Waals surface area contributed by atoms with Crippen molar-refractivity contribution in [1.82, 2.24) is 9.62 Å². The van der Waals surface area contributed by atoms with E-state index in [1.807, 2.05) is 0 Å². The molecular weight excluding hydrogens is 449 g/mol. The van der Waals surface area contributed by atoms with Crippen molar-refractivity contribution in [2.24, 2.45) is 10.2 Å². The van der Waals surface area contributed by atoms with E-state index in [9.17, 15) is 22.0 Å². The Morgan fingerprint density at radius 2 is 1.81 bits per heavy atom. The summed E-state index contributed by atoms with van der Waals surface area (Å²) >= 11 is 1.39. The Kier molecular flexibility index (Phi) is 6.77. The van der Waals surface area contributed by atoms with Gasteiger partial charge in [-0.15, -0.1) is 5.10 Å². The topological polar surface area (TPSA) is 43.2 Å². The van der Waals surface area contributed by atoms with E-state index in [4.69, 9.17) is 0 Å². The zero-order valence-electron chi connectivity index (χ0n) is 16.9. The third-order valence-corrected chi connectivity index (χ3v) is 6.17. The van der Waals surface area contributed by atoms with E-state index in [1.165, 1.54) is 42.5 Å². The summed E-state index contributed by atoms with van der Waals surface area (Å²) in [6, 6.07) is 10.3. The highest BCUT2D eigenvalue weighted by Gasteiger charge is 2.38. The molecule has 0 saturated carbocycles. The maximum atomic E-state index is 14.9. The lowest BCUT2D eigenvalue weighted by molar-refractivity contribution is -0.0596. The fourth-order valence-electron chi connectivity index (χ4n) is 3.34. The summed E-state index contributed by atoms with van der Waals surface area (Å²) in [5.74, 6) is -0.975. The van der Waals surface area contributed by atoms with Gasteiger partial charge in [0.1, 0.15) is 17.3 Å². The van der Waals surface area contributed by atoms with Gasteiger partial charge in [0, 0.05) is 55.9 Å². The van der Waals surface area contributed by atoms with E-state index in [-0.39, 0.29) is 17.8 Å². The van der Waals surface area contributed by atoms with Crippen LogP contribution in [0.15, 0.2) is 52.7 Å². The molecule has 2 heterocycles. The summed E-state index contributed by atoms with van der Waals surface area (Å²) in [4.78, 5) is 0.